The van der Waals surface area contributed by atoms with Gasteiger partial charge in [-0.25, -0.2) is 0 Å². The summed E-state index contributed by atoms with van der Waals surface area (Å²) in [6.07, 6.45) is 0.761. The van der Waals surface area contributed by atoms with Crippen LogP contribution in [-0.2, 0) is 0 Å². The number of hydrogen-bond donors (Lipinski definition) is 2. The Morgan fingerprint density at radius 1 is 1.40 bits per heavy atom. The molecule has 0 aromatic carbocycles. The highest BCUT2D eigenvalue weighted by molar-refractivity contribution is 8.11. The molecule has 0 aromatic heterocycles. The molecule has 0 bridgehead atoms. The molecule has 1 nitrogen and oxygen atoms in total. The molecule has 5 heteroatoms. The smallest absolute Gasteiger partial charge is 0.135 e. The molecule has 56 valence electrons. The van der Waals surface area contributed by atoms with Crippen molar-refractivity contribution >= 4 is 63.5 Å². The highest BCUT2D eigenvalue weighted by Gasteiger charge is 2.00. The van der Waals surface area contributed by atoms with E-state index in [1.54, 1.807) is 0 Å². The zero-order valence-electron chi connectivity index (χ0n) is 5.38. The van der Waals surface area contributed by atoms with Crippen molar-refractivity contribution in [3.05, 3.63) is 0 Å². The van der Waals surface area contributed by atoms with E-state index in [0.29, 0.717) is 14.2 Å². The van der Waals surface area contributed by atoms with Gasteiger partial charge in [0.2, 0.25) is 0 Å². The quantitative estimate of drug-likeness (QED) is 0.532. The van der Waals surface area contributed by atoms with E-state index in [9.17, 15) is 0 Å². The predicted octanol–water partition coefficient (Wildman–Crippen LogP) is 1.90. The largest absolute Gasteiger partial charge is 0.332 e. The Hall–Kier alpha value is 0.420. The van der Waals surface area contributed by atoms with E-state index < -0.39 is 0 Å². The summed E-state index contributed by atoms with van der Waals surface area (Å²) in [6, 6.07) is 0. The van der Waals surface area contributed by atoms with E-state index in [1.807, 2.05) is 6.92 Å². The second-order valence-electron chi connectivity index (χ2n) is 1.54. The summed E-state index contributed by atoms with van der Waals surface area (Å²) in [5.41, 5.74) is 0. The summed E-state index contributed by atoms with van der Waals surface area (Å²) in [5, 5.41) is 2.68. The van der Waals surface area contributed by atoms with Gasteiger partial charge in [-0.05, 0) is 6.42 Å². The van der Waals surface area contributed by atoms with Crippen LogP contribution in [0.15, 0.2) is 0 Å². The maximum Gasteiger partial charge on any atom is 0.135 e. The van der Waals surface area contributed by atoms with E-state index >= 15 is 0 Å². The lowest BCUT2D eigenvalue weighted by atomic mass is 10.3. The van der Waals surface area contributed by atoms with Gasteiger partial charge in [0.25, 0.3) is 0 Å². The maximum atomic E-state index is 4.90. The Kier molecular flexibility index (Phi) is 5.34. The second-order valence-corrected chi connectivity index (χ2v) is 3.60. The molecule has 0 amide bonds. The fraction of sp³-hybridized carbons (Fsp3) is 0.400. The van der Waals surface area contributed by atoms with Gasteiger partial charge < -0.3 is 5.32 Å². The summed E-state index contributed by atoms with van der Waals surface area (Å²) < 4.78 is 0.362. The van der Waals surface area contributed by atoms with Crippen LogP contribution in [0.3, 0.4) is 0 Å². The average molecular weight is 209 g/mol. The van der Waals surface area contributed by atoms with Gasteiger partial charge in [-0.15, -0.1) is 12.6 Å². The fourth-order valence-electron chi connectivity index (χ4n) is 0.327. The Morgan fingerprint density at radius 3 is 2.20 bits per heavy atom. The molecule has 0 unspecified atom stereocenters. The van der Waals surface area contributed by atoms with Gasteiger partial charge in [0, 0.05) is 4.86 Å². The van der Waals surface area contributed by atoms with Crippen LogP contribution in [0.25, 0.3) is 0 Å². The zero-order chi connectivity index (χ0) is 8.15. The Morgan fingerprint density at radius 2 is 1.90 bits per heavy atom. The van der Waals surface area contributed by atoms with E-state index in [-0.39, 0.29) is 0 Å². The Bertz CT molecular complexity index is 174. The first kappa shape index (κ1) is 10.4. The van der Waals surface area contributed by atoms with E-state index in [0.717, 1.165) is 6.42 Å². The molecule has 0 aliphatic rings. The molecule has 0 aliphatic carbocycles. The minimum Gasteiger partial charge on any atom is -0.332 e. The van der Waals surface area contributed by atoms with Gasteiger partial charge in [-0.2, -0.15) is 0 Å². The molecule has 0 saturated heterocycles. The summed E-state index contributed by atoms with van der Waals surface area (Å²) >= 11 is 18.3. The summed E-state index contributed by atoms with van der Waals surface area (Å²) in [7, 11) is 0. The maximum absolute atomic E-state index is 4.90. The number of rotatable bonds is 2. The highest BCUT2D eigenvalue weighted by atomic mass is 32.1. The minimum atomic E-state index is 0.362. The molecule has 10 heavy (non-hydrogen) atoms. The molecule has 0 rings (SSSR count). The van der Waals surface area contributed by atoms with Gasteiger partial charge in [-0.1, -0.05) is 43.6 Å². The molecule has 0 radical (unpaired) electrons. The molecule has 0 spiro atoms. The standard InChI is InChI=1S/C5H7NS4/c1-2-3(7)4(8)6-5(9)10/h2H2,1H3,(H2,6,8,9,10). The van der Waals surface area contributed by atoms with Crippen LogP contribution in [0, 0.1) is 0 Å². The Balaban J connectivity index is 3.86. The van der Waals surface area contributed by atoms with Crippen molar-refractivity contribution in [2.75, 3.05) is 0 Å². The zero-order valence-corrected chi connectivity index (χ0v) is 8.72. The third-order valence-electron chi connectivity index (χ3n) is 0.795. The normalized spacial score (nSPS) is 8.60. The van der Waals surface area contributed by atoms with Crippen LogP contribution in [0.5, 0.6) is 0 Å². The van der Waals surface area contributed by atoms with E-state index in [4.69, 9.17) is 24.4 Å². The predicted molar refractivity (Wildman–Crippen MR) is 60.2 cm³/mol. The van der Waals surface area contributed by atoms with Gasteiger partial charge in [0.15, 0.2) is 0 Å². The van der Waals surface area contributed by atoms with Crippen LogP contribution in [0.2, 0.25) is 0 Å². The van der Waals surface area contributed by atoms with Crippen LogP contribution in [0.4, 0.5) is 0 Å². The SMILES string of the molecule is CCC(=S)C(=S)NC(=S)S. The van der Waals surface area contributed by atoms with Crippen molar-refractivity contribution in [3.63, 3.8) is 0 Å². The molecule has 0 heterocycles. The third-order valence-corrected chi connectivity index (χ3v) is 1.98. The van der Waals surface area contributed by atoms with Crippen molar-refractivity contribution < 1.29 is 0 Å². The number of thiocarbonyl (C=S) groups is 3. The van der Waals surface area contributed by atoms with Crippen molar-refractivity contribution in [1.82, 2.24) is 5.32 Å². The number of hydrogen-bond acceptors (Lipinski definition) is 3. The number of thiol groups is 1. The van der Waals surface area contributed by atoms with E-state index in [2.05, 4.69) is 30.2 Å². The molecule has 0 saturated carbocycles. The van der Waals surface area contributed by atoms with Crippen LogP contribution in [-0.4, -0.2) is 14.2 Å². The molecule has 0 aliphatic heterocycles. The summed E-state index contributed by atoms with van der Waals surface area (Å²) in [6.45, 7) is 1.94. The fourth-order valence-corrected chi connectivity index (χ4v) is 0.979. The van der Waals surface area contributed by atoms with Crippen molar-refractivity contribution in [2.45, 2.75) is 13.3 Å². The lowest BCUT2D eigenvalue weighted by molar-refractivity contribution is 1.33. The molecular formula is C5H7NS4. The molecule has 0 atom stereocenters. The van der Waals surface area contributed by atoms with E-state index in [1.165, 1.54) is 0 Å². The minimum absolute atomic E-state index is 0.362. The molecule has 0 aromatic rings. The van der Waals surface area contributed by atoms with Gasteiger partial charge in [0.05, 0.1) is 0 Å². The van der Waals surface area contributed by atoms with Crippen molar-refractivity contribution in [3.8, 4) is 0 Å². The third kappa shape index (κ3) is 4.27. The first-order valence-electron chi connectivity index (χ1n) is 2.65. The lowest BCUT2D eigenvalue weighted by Crippen LogP contribution is -2.29. The second kappa shape index (κ2) is 5.12. The molecular weight excluding hydrogens is 202 g/mol. The topological polar surface area (TPSA) is 12.0 Å². The van der Waals surface area contributed by atoms with Crippen LogP contribution >= 0.6 is 49.3 Å². The number of nitrogens with one attached hydrogen (secondary N) is 1. The van der Waals surface area contributed by atoms with Gasteiger partial charge in [0.1, 0.15) is 9.31 Å². The van der Waals surface area contributed by atoms with Crippen LogP contribution in [0.1, 0.15) is 13.3 Å². The first-order valence-corrected chi connectivity index (χ1v) is 4.32. The van der Waals surface area contributed by atoms with Crippen molar-refractivity contribution in [1.29, 1.82) is 0 Å². The van der Waals surface area contributed by atoms with Gasteiger partial charge in [-0.3, -0.25) is 0 Å². The first-order chi connectivity index (χ1) is 4.57. The van der Waals surface area contributed by atoms with Crippen molar-refractivity contribution in [2.24, 2.45) is 0 Å². The lowest BCUT2D eigenvalue weighted by Gasteiger charge is -2.03. The summed E-state index contributed by atoms with van der Waals surface area (Å²) in [4.78, 5) is 1.23. The van der Waals surface area contributed by atoms with Gasteiger partial charge >= 0.3 is 0 Å². The average Bonchev–Trinajstić information content (AvgIpc) is 1.85. The highest BCUT2D eigenvalue weighted by Crippen LogP contribution is 1.89. The Labute approximate surface area is 82.0 Å². The monoisotopic (exact) mass is 209 g/mol. The molecule has 0 fully saturated rings. The van der Waals surface area contributed by atoms with Crippen LogP contribution < -0.4 is 5.32 Å². The summed E-state index contributed by atoms with van der Waals surface area (Å²) in [5.74, 6) is 0. The molecule has 1 N–H and O–H groups in total.